The van der Waals surface area contributed by atoms with Crippen molar-refractivity contribution in [1.29, 1.82) is 0 Å². The van der Waals surface area contributed by atoms with Gasteiger partial charge in [0.25, 0.3) is 0 Å². The van der Waals surface area contributed by atoms with Gasteiger partial charge in [0.05, 0.1) is 0 Å². The minimum atomic E-state index is 0.144. The number of piperidine rings is 1. The maximum Gasteiger partial charge on any atom is 0.221 e. The second kappa shape index (κ2) is 6.86. The molecule has 1 aliphatic rings. The van der Waals surface area contributed by atoms with Crippen LogP contribution in [0, 0.1) is 5.92 Å². The molecule has 16 heavy (non-hydrogen) atoms. The average molecular weight is 227 g/mol. The van der Waals surface area contributed by atoms with Gasteiger partial charge in [-0.25, -0.2) is 0 Å². The SMILES string of the molecule is CNC(=O)CCN1CCC(C(C)NC)CC1. The first-order valence-electron chi connectivity index (χ1n) is 6.27. The summed E-state index contributed by atoms with van der Waals surface area (Å²) in [5, 5.41) is 5.99. The Morgan fingerprint density at radius 2 is 2.00 bits per heavy atom. The van der Waals surface area contributed by atoms with Crippen molar-refractivity contribution in [1.82, 2.24) is 15.5 Å². The Hall–Kier alpha value is -0.610. The lowest BCUT2D eigenvalue weighted by atomic mass is 9.90. The van der Waals surface area contributed by atoms with Crippen LogP contribution in [0.1, 0.15) is 26.2 Å². The summed E-state index contributed by atoms with van der Waals surface area (Å²) in [5.41, 5.74) is 0. The van der Waals surface area contributed by atoms with Crippen LogP contribution in [0.3, 0.4) is 0 Å². The zero-order valence-electron chi connectivity index (χ0n) is 10.8. The molecule has 0 spiro atoms. The van der Waals surface area contributed by atoms with Crippen LogP contribution in [0.5, 0.6) is 0 Å². The van der Waals surface area contributed by atoms with E-state index in [4.69, 9.17) is 0 Å². The van der Waals surface area contributed by atoms with Crippen molar-refractivity contribution >= 4 is 5.91 Å². The second-order valence-electron chi connectivity index (χ2n) is 4.68. The topological polar surface area (TPSA) is 44.4 Å². The highest BCUT2D eigenvalue weighted by atomic mass is 16.1. The van der Waals surface area contributed by atoms with Crippen LogP contribution < -0.4 is 10.6 Å². The second-order valence-corrected chi connectivity index (χ2v) is 4.68. The summed E-state index contributed by atoms with van der Waals surface area (Å²) in [4.78, 5) is 13.5. The monoisotopic (exact) mass is 227 g/mol. The molecule has 94 valence electrons. The van der Waals surface area contributed by atoms with E-state index in [2.05, 4.69) is 22.5 Å². The first kappa shape index (κ1) is 13.5. The van der Waals surface area contributed by atoms with Gasteiger partial charge in [0.1, 0.15) is 0 Å². The van der Waals surface area contributed by atoms with E-state index < -0.39 is 0 Å². The highest BCUT2D eigenvalue weighted by Crippen LogP contribution is 2.20. The fourth-order valence-electron chi connectivity index (χ4n) is 2.30. The van der Waals surface area contributed by atoms with E-state index in [0.29, 0.717) is 12.5 Å². The Bertz CT molecular complexity index is 212. The normalized spacial score (nSPS) is 20.7. The van der Waals surface area contributed by atoms with E-state index >= 15 is 0 Å². The minimum absolute atomic E-state index is 0.144. The Labute approximate surface area is 98.8 Å². The molecule has 1 saturated heterocycles. The Balaban J connectivity index is 2.19. The third kappa shape index (κ3) is 4.10. The number of nitrogens with zero attached hydrogens (tertiary/aromatic N) is 1. The number of carbonyl (C=O) groups is 1. The van der Waals surface area contributed by atoms with Gasteiger partial charge >= 0.3 is 0 Å². The van der Waals surface area contributed by atoms with Gasteiger partial charge in [0.15, 0.2) is 0 Å². The fourth-order valence-corrected chi connectivity index (χ4v) is 2.30. The lowest BCUT2D eigenvalue weighted by molar-refractivity contribution is -0.121. The molecule has 0 aliphatic carbocycles. The summed E-state index contributed by atoms with van der Waals surface area (Å²) >= 11 is 0. The van der Waals surface area contributed by atoms with Crippen LogP contribution in [0.2, 0.25) is 0 Å². The molecule has 1 aliphatic heterocycles. The lowest BCUT2D eigenvalue weighted by Gasteiger charge is -2.34. The third-order valence-corrected chi connectivity index (χ3v) is 3.73. The van der Waals surface area contributed by atoms with E-state index in [0.717, 1.165) is 25.6 Å². The van der Waals surface area contributed by atoms with E-state index in [1.165, 1.54) is 12.8 Å². The van der Waals surface area contributed by atoms with Crippen molar-refractivity contribution in [2.75, 3.05) is 33.7 Å². The Morgan fingerprint density at radius 1 is 1.38 bits per heavy atom. The number of amides is 1. The molecule has 4 nitrogen and oxygen atoms in total. The van der Waals surface area contributed by atoms with Crippen LogP contribution in [-0.4, -0.2) is 50.6 Å². The molecule has 4 heteroatoms. The highest BCUT2D eigenvalue weighted by Gasteiger charge is 2.22. The number of hydrogen-bond acceptors (Lipinski definition) is 3. The van der Waals surface area contributed by atoms with Crippen LogP contribution in [0.15, 0.2) is 0 Å². The Kier molecular flexibility index (Phi) is 5.77. The summed E-state index contributed by atoms with van der Waals surface area (Å²) in [6, 6.07) is 0.612. The number of carbonyl (C=O) groups excluding carboxylic acids is 1. The first-order valence-corrected chi connectivity index (χ1v) is 6.27. The third-order valence-electron chi connectivity index (χ3n) is 3.73. The van der Waals surface area contributed by atoms with Crippen molar-refractivity contribution in [3.63, 3.8) is 0 Å². The van der Waals surface area contributed by atoms with Gasteiger partial charge in [-0.15, -0.1) is 0 Å². The lowest BCUT2D eigenvalue weighted by Crippen LogP contribution is -2.41. The van der Waals surface area contributed by atoms with Crippen LogP contribution in [0.4, 0.5) is 0 Å². The molecule has 1 rings (SSSR count). The minimum Gasteiger partial charge on any atom is -0.359 e. The van der Waals surface area contributed by atoms with Crippen molar-refractivity contribution in [2.45, 2.75) is 32.2 Å². The van der Waals surface area contributed by atoms with Crippen LogP contribution in [-0.2, 0) is 4.79 Å². The number of rotatable bonds is 5. The van der Waals surface area contributed by atoms with Gasteiger partial charge in [0, 0.05) is 26.1 Å². The van der Waals surface area contributed by atoms with E-state index in [1.54, 1.807) is 7.05 Å². The zero-order valence-corrected chi connectivity index (χ0v) is 10.8. The number of nitrogens with one attached hydrogen (secondary N) is 2. The largest absolute Gasteiger partial charge is 0.359 e. The summed E-state index contributed by atoms with van der Waals surface area (Å²) in [5.74, 6) is 0.937. The molecule has 1 atom stereocenters. The molecule has 1 heterocycles. The standard InChI is InChI=1S/C12H25N3O/c1-10(13-2)11-4-7-15(8-5-11)9-6-12(16)14-3/h10-11,13H,4-9H2,1-3H3,(H,14,16). The molecule has 0 aromatic carbocycles. The van der Waals surface area contributed by atoms with Gasteiger partial charge < -0.3 is 15.5 Å². The molecule has 0 aromatic rings. The first-order chi connectivity index (χ1) is 7.67. The fraction of sp³-hybridized carbons (Fsp3) is 0.917. The zero-order chi connectivity index (χ0) is 12.0. The van der Waals surface area contributed by atoms with Crippen molar-refractivity contribution in [3.8, 4) is 0 Å². The quantitative estimate of drug-likeness (QED) is 0.716. The molecule has 1 fully saturated rings. The molecule has 1 unspecified atom stereocenters. The maximum absolute atomic E-state index is 11.1. The molecular weight excluding hydrogens is 202 g/mol. The van der Waals surface area contributed by atoms with Crippen LogP contribution in [0.25, 0.3) is 0 Å². The van der Waals surface area contributed by atoms with Gasteiger partial charge in [0.2, 0.25) is 5.91 Å². The van der Waals surface area contributed by atoms with Crippen molar-refractivity contribution < 1.29 is 4.79 Å². The molecular formula is C12H25N3O. The smallest absolute Gasteiger partial charge is 0.221 e. The van der Waals surface area contributed by atoms with Gasteiger partial charge in [-0.1, -0.05) is 0 Å². The van der Waals surface area contributed by atoms with E-state index in [9.17, 15) is 4.79 Å². The van der Waals surface area contributed by atoms with E-state index in [-0.39, 0.29) is 5.91 Å². The molecule has 0 bridgehead atoms. The van der Waals surface area contributed by atoms with E-state index in [1.807, 2.05) is 7.05 Å². The molecule has 1 amide bonds. The molecule has 0 aromatic heterocycles. The number of likely N-dealkylation sites (tertiary alicyclic amines) is 1. The molecule has 0 saturated carbocycles. The summed E-state index contributed by atoms with van der Waals surface area (Å²) in [6.07, 6.45) is 3.12. The summed E-state index contributed by atoms with van der Waals surface area (Å²) in [6.45, 7) is 5.42. The average Bonchev–Trinajstić information content (AvgIpc) is 2.35. The predicted molar refractivity (Wildman–Crippen MR) is 66.4 cm³/mol. The maximum atomic E-state index is 11.1. The van der Waals surface area contributed by atoms with Crippen molar-refractivity contribution in [3.05, 3.63) is 0 Å². The van der Waals surface area contributed by atoms with Crippen molar-refractivity contribution in [2.24, 2.45) is 5.92 Å². The Morgan fingerprint density at radius 3 is 2.50 bits per heavy atom. The molecule has 2 N–H and O–H groups in total. The molecule has 0 radical (unpaired) electrons. The number of hydrogen-bond donors (Lipinski definition) is 2. The van der Waals surface area contributed by atoms with Gasteiger partial charge in [-0.2, -0.15) is 0 Å². The summed E-state index contributed by atoms with van der Waals surface area (Å²) < 4.78 is 0. The predicted octanol–water partition coefficient (Wildman–Crippen LogP) is 0.442. The van der Waals surface area contributed by atoms with Crippen LogP contribution >= 0.6 is 0 Å². The van der Waals surface area contributed by atoms with Gasteiger partial charge in [-0.05, 0) is 45.8 Å². The van der Waals surface area contributed by atoms with Gasteiger partial charge in [-0.3, -0.25) is 4.79 Å². The summed E-state index contributed by atoms with van der Waals surface area (Å²) in [7, 11) is 3.73. The highest BCUT2D eigenvalue weighted by molar-refractivity contribution is 5.75.